The van der Waals surface area contributed by atoms with E-state index in [9.17, 15) is 29.1 Å². The Kier molecular flexibility index (Phi) is 14.0. The number of aliphatic hydroxyl groups excluding tert-OH is 1. The van der Waals surface area contributed by atoms with Crippen molar-refractivity contribution in [3.05, 3.63) is 89.0 Å². The second kappa shape index (κ2) is 18.4. The van der Waals surface area contributed by atoms with Crippen LogP contribution in [0.4, 0.5) is 20.1 Å². The fourth-order valence-electron chi connectivity index (χ4n) is 6.28. The lowest BCUT2D eigenvalue weighted by Crippen LogP contribution is -2.55. The fourth-order valence-corrected chi connectivity index (χ4v) is 6.28. The van der Waals surface area contributed by atoms with Crippen molar-refractivity contribution in [2.75, 3.05) is 25.5 Å². The zero-order valence-corrected chi connectivity index (χ0v) is 31.7. The van der Waals surface area contributed by atoms with Crippen molar-refractivity contribution in [2.45, 2.75) is 84.2 Å². The predicted molar refractivity (Wildman–Crippen MR) is 204 cm³/mol. The molecule has 14 heteroatoms. The molecule has 4 rings (SSSR count). The van der Waals surface area contributed by atoms with Crippen LogP contribution in [-0.2, 0) is 32.2 Å². The zero-order chi connectivity index (χ0) is 39.6. The van der Waals surface area contributed by atoms with Crippen LogP contribution in [0.2, 0.25) is 0 Å². The number of anilines is 1. The number of hydrogen-bond donors (Lipinski definition) is 6. The number of nitrogens with two attached hydrogens (primary N) is 1. The Bertz CT molecular complexity index is 1780. The standard InChI is InChI=1S/C40H52N6O8/c1-24(2)34(45-38(51)54-40(3,4)5)36(49)44-33(16-11-19-42-37(41)50)35(48)43-27-18-17-25(22-47)26(20-27)21-46(6)39(52)53-23-32-30-14-9-7-12-28(30)29-13-8-10-15-31(29)32/h7-10,12-15,17-18,20,24,32-34,47H,11,16,19,21-23H2,1-6H3,(H,43,48)(H,44,49)(H,45,51)(H3,41,42,50). The molecule has 6 amide bonds. The van der Waals surface area contributed by atoms with Crippen LogP contribution < -0.4 is 27.0 Å². The van der Waals surface area contributed by atoms with Gasteiger partial charge in [-0.2, -0.15) is 0 Å². The zero-order valence-electron chi connectivity index (χ0n) is 31.7. The van der Waals surface area contributed by atoms with E-state index in [-0.39, 0.29) is 44.6 Å². The summed E-state index contributed by atoms with van der Waals surface area (Å²) in [6.07, 6.45) is -0.904. The lowest BCUT2D eigenvalue weighted by Gasteiger charge is -2.27. The highest BCUT2D eigenvalue weighted by Crippen LogP contribution is 2.44. The molecule has 3 aromatic carbocycles. The quantitative estimate of drug-likeness (QED) is 0.117. The molecule has 0 spiro atoms. The van der Waals surface area contributed by atoms with E-state index >= 15 is 0 Å². The van der Waals surface area contributed by atoms with Gasteiger partial charge in [0.25, 0.3) is 0 Å². The molecule has 0 radical (unpaired) electrons. The molecular weight excluding hydrogens is 692 g/mol. The van der Waals surface area contributed by atoms with Crippen molar-refractivity contribution >= 4 is 35.7 Å². The third-order valence-corrected chi connectivity index (χ3v) is 8.92. The number of carbonyl (C=O) groups excluding carboxylic acids is 5. The minimum Gasteiger partial charge on any atom is -0.448 e. The number of nitrogens with zero attached hydrogens (tertiary/aromatic N) is 1. The summed E-state index contributed by atoms with van der Waals surface area (Å²) in [5, 5.41) is 20.7. The molecule has 3 aromatic rings. The Balaban J connectivity index is 1.44. The highest BCUT2D eigenvalue weighted by Gasteiger charge is 2.31. The molecule has 0 bridgehead atoms. The number of urea groups is 1. The Morgan fingerprint density at radius 2 is 1.52 bits per heavy atom. The van der Waals surface area contributed by atoms with Crippen LogP contribution in [-0.4, -0.2) is 77.9 Å². The maximum absolute atomic E-state index is 13.7. The monoisotopic (exact) mass is 744 g/mol. The van der Waals surface area contributed by atoms with Crippen molar-refractivity contribution in [1.82, 2.24) is 20.9 Å². The van der Waals surface area contributed by atoms with E-state index < -0.39 is 47.7 Å². The Hall–Kier alpha value is -5.63. The minimum atomic E-state index is -1.07. The van der Waals surface area contributed by atoms with E-state index in [1.807, 2.05) is 36.4 Å². The third-order valence-electron chi connectivity index (χ3n) is 8.92. The first kappa shape index (κ1) is 41.1. The van der Waals surface area contributed by atoms with Crippen molar-refractivity contribution in [3.63, 3.8) is 0 Å². The second-order valence-electron chi connectivity index (χ2n) is 14.7. The molecule has 0 aliphatic heterocycles. The van der Waals surface area contributed by atoms with Crippen molar-refractivity contribution in [2.24, 2.45) is 11.7 Å². The fraction of sp³-hybridized carbons (Fsp3) is 0.425. The summed E-state index contributed by atoms with van der Waals surface area (Å²) in [7, 11) is 1.59. The van der Waals surface area contributed by atoms with Gasteiger partial charge in [-0.3, -0.25) is 9.59 Å². The average Bonchev–Trinajstić information content (AvgIpc) is 3.43. The Labute approximate surface area is 316 Å². The van der Waals surface area contributed by atoms with E-state index in [2.05, 4.69) is 33.4 Å². The molecule has 2 unspecified atom stereocenters. The number of aliphatic hydroxyl groups is 1. The van der Waals surface area contributed by atoms with Gasteiger partial charge in [0.15, 0.2) is 0 Å². The third kappa shape index (κ3) is 11.2. The molecule has 1 aliphatic rings. The van der Waals surface area contributed by atoms with Crippen LogP contribution >= 0.6 is 0 Å². The molecule has 14 nitrogen and oxygen atoms in total. The smallest absolute Gasteiger partial charge is 0.409 e. The summed E-state index contributed by atoms with van der Waals surface area (Å²) in [5.74, 6) is -1.61. The average molecular weight is 745 g/mol. The number of hydrogen-bond acceptors (Lipinski definition) is 8. The van der Waals surface area contributed by atoms with Crippen molar-refractivity contribution in [3.8, 4) is 11.1 Å². The molecule has 54 heavy (non-hydrogen) atoms. The van der Waals surface area contributed by atoms with E-state index in [0.717, 1.165) is 22.3 Å². The van der Waals surface area contributed by atoms with Crippen LogP contribution in [0.5, 0.6) is 0 Å². The summed E-state index contributed by atoms with van der Waals surface area (Å²) in [4.78, 5) is 65.5. The number of ether oxygens (including phenoxy) is 2. The van der Waals surface area contributed by atoms with Gasteiger partial charge in [-0.1, -0.05) is 68.4 Å². The van der Waals surface area contributed by atoms with Gasteiger partial charge in [0.1, 0.15) is 24.3 Å². The summed E-state index contributed by atoms with van der Waals surface area (Å²) in [5.41, 5.74) is 10.3. The van der Waals surface area contributed by atoms with Crippen LogP contribution in [0.25, 0.3) is 11.1 Å². The maximum Gasteiger partial charge on any atom is 0.409 e. The summed E-state index contributed by atoms with van der Waals surface area (Å²) in [6, 6.07) is 18.2. The van der Waals surface area contributed by atoms with Crippen LogP contribution in [0.15, 0.2) is 66.7 Å². The molecule has 0 aromatic heterocycles. The van der Waals surface area contributed by atoms with Gasteiger partial charge >= 0.3 is 18.2 Å². The molecule has 290 valence electrons. The van der Waals surface area contributed by atoms with E-state index in [1.165, 1.54) is 4.90 Å². The lowest BCUT2D eigenvalue weighted by molar-refractivity contribution is -0.128. The number of nitrogens with one attached hydrogen (secondary N) is 4. The SMILES string of the molecule is CC(C)C(NC(=O)OC(C)(C)C)C(=O)NC(CCCNC(N)=O)C(=O)Nc1ccc(CO)c(CN(C)C(=O)OCC2c3ccccc3-c3ccccc32)c1. The normalized spacial score (nSPS) is 13.2. The number of alkyl carbamates (subject to hydrolysis) is 1. The molecule has 0 saturated carbocycles. The summed E-state index contributed by atoms with van der Waals surface area (Å²) < 4.78 is 11.1. The minimum absolute atomic E-state index is 0.0711. The van der Waals surface area contributed by atoms with Crippen molar-refractivity contribution < 1.29 is 38.6 Å². The molecule has 0 heterocycles. The molecule has 7 N–H and O–H groups in total. The summed E-state index contributed by atoms with van der Waals surface area (Å²) in [6.45, 7) is 8.68. The van der Waals surface area contributed by atoms with Crippen molar-refractivity contribution in [1.29, 1.82) is 0 Å². The van der Waals surface area contributed by atoms with Gasteiger partial charge in [-0.15, -0.1) is 0 Å². The first-order valence-corrected chi connectivity index (χ1v) is 18.0. The number of carbonyl (C=O) groups is 5. The number of rotatable bonds is 15. The maximum atomic E-state index is 13.7. The van der Waals surface area contributed by atoms with Gasteiger partial charge in [0.05, 0.1) is 6.61 Å². The molecular formula is C40H52N6O8. The topological polar surface area (TPSA) is 201 Å². The second-order valence-corrected chi connectivity index (χ2v) is 14.7. The van der Waals surface area contributed by atoms with E-state index in [1.54, 1.807) is 59.9 Å². The first-order valence-electron chi connectivity index (χ1n) is 18.0. The Morgan fingerprint density at radius 3 is 2.09 bits per heavy atom. The van der Waals surface area contributed by atoms with E-state index in [0.29, 0.717) is 23.2 Å². The van der Waals surface area contributed by atoms with Gasteiger partial charge in [-0.25, -0.2) is 14.4 Å². The van der Waals surface area contributed by atoms with Crippen LogP contribution in [0.3, 0.4) is 0 Å². The first-order chi connectivity index (χ1) is 25.6. The number of fused-ring (bicyclic) bond motifs is 3. The van der Waals surface area contributed by atoms with E-state index in [4.69, 9.17) is 15.2 Å². The molecule has 0 fully saturated rings. The number of amides is 6. The molecule has 2 atom stereocenters. The van der Waals surface area contributed by atoms with Gasteiger partial charge in [0.2, 0.25) is 11.8 Å². The number of benzene rings is 3. The van der Waals surface area contributed by atoms with Gasteiger partial charge < -0.3 is 46.5 Å². The summed E-state index contributed by atoms with van der Waals surface area (Å²) >= 11 is 0. The molecule has 0 saturated heterocycles. The highest BCUT2D eigenvalue weighted by molar-refractivity contribution is 5.98. The van der Waals surface area contributed by atoms with Gasteiger partial charge in [-0.05, 0) is 85.0 Å². The van der Waals surface area contributed by atoms with Crippen LogP contribution in [0.1, 0.15) is 75.6 Å². The lowest BCUT2D eigenvalue weighted by atomic mass is 9.98. The highest BCUT2D eigenvalue weighted by atomic mass is 16.6. The molecule has 1 aliphatic carbocycles. The van der Waals surface area contributed by atoms with Gasteiger partial charge in [0, 0.05) is 31.7 Å². The number of primary amides is 1. The largest absolute Gasteiger partial charge is 0.448 e. The van der Waals surface area contributed by atoms with Crippen LogP contribution in [0, 0.1) is 5.92 Å². The Morgan fingerprint density at radius 1 is 0.889 bits per heavy atom. The predicted octanol–water partition coefficient (Wildman–Crippen LogP) is 4.98.